The monoisotopic (exact) mass is 292 g/mol. The lowest BCUT2D eigenvalue weighted by Gasteiger charge is -2.28. The summed E-state index contributed by atoms with van der Waals surface area (Å²) in [7, 11) is 0. The van der Waals surface area contributed by atoms with Gasteiger partial charge in [-0.1, -0.05) is 104 Å². The number of rotatable bonds is 4. The minimum absolute atomic E-state index is 0.989. The van der Waals surface area contributed by atoms with Crippen molar-refractivity contribution in [2.24, 2.45) is 23.7 Å². The molecule has 0 N–H and O–H groups in total. The standard InChI is InChI=1S/C21H40/c1-18-12-8-4-3-5-9-15-21(18)17-16-19(2)20-13-10-6-7-11-14-20/h18-21H,3-17H2,1-2H3. The van der Waals surface area contributed by atoms with E-state index in [1.165, 1.54) is 96.3 Å². The fourth-order valence-corrected chi connectivity index (χ4v) is 4.94. The summed E-state index contributed by atoms with van der Waals surface area (Å²) in [5.41, 5.74) is 0. The van der Waals surface area contributed by atoms with Crippen molar-refractivity contribution in [2.45, 2.75) is 110 Å². The first-order valence-corrected chi connectivity index (χ1v) is 10.3. The fourth-order valence-electron chi connectivity index (χ4n) is 4.94. The van der Waals surface area contributed by atoms with Crippen LogP contribution in [-0.2, 0) is 0 Å². The maximum Gasteiger partial charge on any atom is -0.0388 e. The Hall–Kier alpha value is 0. The van der Waals surface area contributed by atoms with Crippen molar-refractivity contribution in [3.63, 3.8) is 0 Å². The first-order chi connectivity index (χ1) is 10.3. The van der Waals surface area contributed by atoms with E-state index in [0.29, 0.717) is 0 Å². The van der Waals surface area contributed by atoms with Crippen molar-refractivity contribution in [1.29, 1.82) is 0 Å². The Bertz CT molecular complexity index is 249. The third-order valence-electron chi connectivity index (χ3n) is 6.74. The third kappa shape index (κ3) is 6.33. The van der Waals surface area contributed by atoms with Gasteiger partial charge in [0.05, 0.1) is 0 Å². The molecule has 0 heteroatoms. The van der Waals surface area contributed by atoms with E-state index in [4.69, 9.17) is 0 Å². The molecule has 0 radical (unpaired) electrons. The van der Waals surface area contributed by atoms with Gasteiger partial charge in [-0.3, -0.25) is 0 Å². The van der Waals surface area contributed by atoms with Crippen LogP contribution >= 0.6 is 0 Å². The van der Waals surface area contributed by atoms with Gasteiger partial charge < -0.3 is 0 Å². The fraction of sp³-hybridized carbons (Fsp3) is 1.00. The largest absolute Gasteiger partial charge is 0.0622 e. The first-order valence-electron chi connectivity index (χ1n) is 10.3. The van der Waals surface area contributed by atoms with Crippen molar-refractivity contribution in [3.8, 4) is 0 Å². The third-order valence-corrected chi connectivity index (χ3v) is 6.74. The zero-order chi connectivity index (χ0) is 14.9. The summed E-state index contributed by atoms with van der Waals surface area (Å²) in [6.45, 7) is 5.11. The van der Waals surface area contributed by atoms with E-state index in [-0.39, 0.29) is 0 Å². The molecule has 3 unspecified atom stereocenters. The molecule has 0 aromatic carbocycles. The van der Waals surface area contributed by atoms with Crippen molar-refractivity contribution < 1.29 is 0 Å². The molecule has 0 aromatic heterocycles. The average molecular weight is 293 g/mol. The molecule has 2 aliphatic carbocycles. The van der Waals surface area contributed by atoms with Gasteiger partial charge in [-0.2, -0.15) is 0 Å². The van der Waals surface area contributed by atoms with Gasteiger partial charge in [-0.15, -0.1) is 0 Å². The predicted octanol–water partition coefficient (Wildman–Crippen LogP) is 7.37. The smallest absolute Gasteiger partial charge is 0.0388 e. The Balaban J connectivity index is 1.75. The molecule has 2 saturated carbocycles. The van der Waals surface area contributed by atoms with E-state index in [1.54, 1.807) is 0 Å². The molecule has 0 amide bonds. The molecule has 0 spiro atoms. The normalized spacial score (nSPS) is 31.7. The van der Waals surface area contributed by atoms with E-state index in [1.807, 2.05) is 0 Å². The Kier molecular flexibility index (Phi) is 8.19. The van der Waals surface area contributed by atoms with Crippen LogP contribution in [0.15, 0.2) is 0 Å². The molecule has 2 fully saturated rings. The average Bonchev–Trinajstić information content (AvgIpc) is 2.72. The van der Waals surface area contributed by atoms with Crippen molar-refractivity contribution in [3.05, 3.63) is 0 Å². The van der Waals surface area contributed by atoms with E-state index >= 15 is 0 Å². The second kappa shape index (κ2) is 9.90. The quantitative estimate of drug-likeness (QED) is 0.474. The molecular formula is C21H40. The summed E-state index contributed by atoms with van der Waals surface area (Å²) in [5, 5.41) is 0. The minimum atomic E-state index is 0.989. The van der Waals surface area contributed by atoms with E-state index < -0.39 is 0 Å². The van der Waals surface area contributed by atoms with Gasteiger partial charge in [0.25, 0.3) is 0 Å². The predicted molar refractivity (Wildman–Crippen MR) is 94.6 cm³/mol. The van der Waals surface area contributed by atoms with Gasteiger partial charge in [0.1, 0.15) is 0 Å². The molecule has 0 aliphatic heterocycles. The van der Waals surface area contributed by atoms with Crippen LogP contribution in [0.25, 0.3) is 0 Å². The highest BCUT2D eigenvalue weighted by molar-refractivity contribution is 4.74. The summed E-state index contributed by atoms with van der Waals surface area (Å²) >= 11 is 0. The summed E-state index contributed by atoms with van der Waals surface area (Å²) in [5.74, 6) is 4.07. The van der Waals surface area contributed by atoms with Gasteiger partial charge in [0.15, 0.2) is 0 Å². The molecule has 2 aliphatic rings. The SMILES string of the molecule is CC(CCC1CCCCCCCC1C)C1CCCCCC1. The zero-order valence-corrected chi connectivity index (χ0v) is 14.9. The summed E-state index contributed by atoms with van der Waals surface area (Å²) in [4.78, 5) is 0. The highest BCUT2D eigenvalue weighted by Crippen LogP contribution is 2.35. The molecule has 0 aromatic rings. The molecule has 21 heavy (non-hydrogen) atoms. The molecule has 2 rings (SSSR count). The Labute approximate surface area is 134 Å². The minimum Gasteiger partial charge on any atom is -0.0622 e. The summed E-state index contributed by atoms with van der Waals surface area (Å²) < 4.78 is 0. The van der Waals surface area contributed by atoms with Gasteiger partial charge in [0, 0.05) is 0 Å². The Morgan fingerprint density at radius 1 is 0.714 bits per heavy atom. The van der Waals surface area contributed by atoms with Gasteiger partial charge in [-0.05, 0) is 30.1 Å². The van der Waals surface area contributed by atoms with Crippen molar-refractivity contribution in [2.75, 3.05) is 0 Å². The highest BCUT2D eigenvalue weighted by Gasteiger charge is 2.22. The maximum atomic E-state index is 2.57. The summed E-state index contributed by atoms with van der Waals surface area (Å²) in [6.07, 6.45) is 22.6. The van der Waals surface area contributed by atoms with E-state index in [9.17, 15) is 0 Å². The second-order valence-corrected chi connectivity index (χ2v) is 8.39. The Morgan fingerprint density at radius 3 is 1.90 bits per heavy atom. The lowest BCUT2D eigenvalue weighted by Crippen LogP contribution is -2.16. The first kappa shape index (κ1) is 17.4. The van der Waals surface area contributed by atoms with Crippen LogP contribution in [0.1, 0.15) is 110 Å². The van der Waals surface area contributed by atoms with Crippen molar-refractivity contribution >= 4 is 0 Å². The van der Waals surface area contributed by atoms with Gasteiger partial charge in [0.2, 0.25) is 0 Å². The lowest BCUT2D eigenvalue weighted by molar-refractivity contribution is 0.236. The van der Waals surface area contributed by atoms with Crippen LogP contribution in [0, 0.1) is 23.7 Å². The second-order valence-electron chi connectivity index (χ2n) is 8.39. The van der Waals surface area contributed by atoms with Crippen LogP contribution in [0.4, 0.5) is 0 Å². The topological polar surface area (TPSA) is 0 Å². The van der Waals surface area contributed by atoms with Gasteiger partial charge >= 0.3 is 0 Å². The van der Waals surface area contributed by atoms with E-state index in [2.05, 4.69) is 13.8 Å². The lowest BCUT2D eigenvalue weighted by atomic mass is 9.78. The molecule has 0 saturated heterocycles. The molecule has 0 heterocycles. The molecule has 0 bridgehead atoms. The summed E-state index contributed by atoms with van der Waals surface area (Å²) in [6, 6.07) is 0. The van der Waals surface area contributed by atoms with Crippen LogP contribution in [0.2, 0.25) is 0 Å². The number of hydrogen-bond donors (Lipinski definition) is 0. The molecular weight excluding hydrogens is 252 g/mol. The Morgan fingerprint density at radius 2 is 1.24 bits per heavy atom. The number of hydrogen-bond acceptors (Lipinski definition) is 0. The highest BCUT2D eigenvalue weighted by atomic mass is 14.3. The maximum absolute atomic E-state index is 2.57. The molecule has 124 valence electrons. The molecule has 3 atom stereocenters. The van der Waals surface area contributed by atoms with Crippen LogP contribution in [0.5, 0.6) is 0 Å². The van der Waals surface area contributed by atoms with Crippen LogP contribution < -0.4 is 0 Å². The van der Waals surface area contributed by atoms with Crippen LogP contribution in [0.3, 0.4) is 0 Å². The molecule has 0 nitrogen and oxygen atoms in total. The van der Waals surface area contributed by atoms with Crippen LogP contribution in [-0.4, -0.2) is 0 Å². The van der Waals surface area contributed by atoms with Crippen molar-refractivity contribution in [1.82, 2.24) is 0 Å². The van der Waals surface area contributed by atoms with Gasteiger partial charge in [-0.25, -0.2) is 0 Å². The zero-order valence-electron chi connectivity index (χ0n) is 14.9. The van der Waals surface area contributed by atoms with E-state index in [0.717, 1.165) is 23.7 Å².